The summed E-state index contributed by atoms with van der Waals surface area (Å²) in [7, 11) is -3.84. The van der Waals surface area contributed by atoms with E-state index in [1.54, 1.807) is 24.4 Å². The van der Waals surface area contributed by atoms with Gasteiger partial charge in [0.2, 0.25) is 10.0 Å². The number of hydrogen-bond donors (Lipinski definition) is 1. The molecule has 1 atom stereocenters. The maximum absolute atomic E-state index is 14.1. The van der Waals surface area contributed by atoms with E-state index in [1.165, 1.54) is 0 Å². The summed E-state index contributed by atoms with van der Waals surface area (Å²) < 4.78 is 70.7. The Labute approximate surface area is 196 Å². The first-order chi connectivity index (χ1) is 15.4. The quantitative estimate of drug-likeness (QED) is 0.438. The fourth-order valence-electron chi connectivity index (χ4n) is 3.89. The largest absolute Gasteiger partial charge is 0.347 e. The molecule has 0 aliphatic heterocycles. The zero-order valence-corrected chi connectivity index (χ0v) is 20.0. The van der Waals surface area contributed by atoms with Gasteiger partial charge in [-0.25, -0.2) is 26.3 Å². The lowest BCUT2D eigenvalue weighted by molar-refractivity contribution is 0.109. The number of pyridine rings is 1. The third kappa shape index (κ3) is 5.20. The van der Waals surface area contributed by atoms with Crippen LogP contribution in [-0.4, -0.2) is 29.6 Å². The molecule has 1 saturated carbocycles. The van der Waals surface area contributed by atoms with Gasteiger partial charge in [0.05, 0.1) is 22.2 Å². The topological polar surface area (TPSA) is 64.0 Å². The molecule has 4 rings (SSSR count). The third-order valence-electron chi connectivity index (χ3n) is 5.48. The van der Waals surface area contributed by atoms with Crippen LogP contribution in [0.25, 0.3) is 22.2 Å². The van der Waals surface area contributed by atoms with Crippen molar-refractivity contribution in [3.8, 4) is 11.3 Å². The summed E-state index contributed by atoms with van der Waals surface area (Å²) in [6.07, 6.45) is 0.675. The highest BCUT2D eigenvalue weighted by molar-refractivity contribution is 7.90. The molecule has 2 heterocycles. The molecule has 2 aromatic heterocycles. The van der Waals surface area contributed by atoms with Crippen LogP contribution in [0.1, 0.15) is 45.2 Å². The van der Waals surface area contributed by atoms with Gasteiger partial charge in [-0.15, -0.1) is 0 Å². The van der Waals surface area contributed by atoms with E-state index in [4.69, 9.17) is 11.6 Å². The number of sulfonamides is 1. The molecule has 0 radical (unpaired) electrons. The molecule has 0 spiro atoms. The third-order valence-corrected chi connectivity index (χ3v) is 7.70. The predicted octanol–water partition coefficient (Wildman–Crippen LogP) is 5.93. The van der Waals surface area contributed by atoms with Gasteiger partial charge < -0.3 is 4.57 Å². The van der Waals surface area contributed by atoms with E-state index < -0.39 is 33.6 Å². The van der Waals surface area contributed by atoms with Gasteiger partial charge in [0.25, 0.3) is 6.43 Å². The summed E-state index contributed by atoms with van der Waals surface area (Å²) in [5.41, 5.74) is 1.62. The van der Waals surface area contributed by atoms with E-state index in [2.05, 4.69) is 9.71 Å². The van der Waals surface area contributed by atoms with Crippen LogP contribution in [0.4, 0.5) is 13.2 Å². The molecule has 1 fully saturated rings. The fraction of sp³-hybridized carbons (Fsp3) is 0.435. The first-order valence-electron chi connectivity index (χ1n) is 10.6. The Hall–Kier alpha value is -2.10. The van der Waals surface area contributed by atoms with Crippen LogP contribution in [0.3, 0.4) is 0 Å². The smallest absolute Gasteiger partial charge is 0.258 e. The van der Waals surface area contributed by atoms with Crippen molar-refractivity contribution in [2.75, 3.05) is 0 Å². The van der Waals surface area contributed by atoms with Crippen molar-refractivity contribution in [2.45, 2.75) is 57.9 Å². The predicted molar refractivity (Wildman–Crippen MR) is 123 cm³/mol. The number of aromatic nitrogens is 2. The molecule has 0 amide bonds. The summed E-state index contributed by atoms with van der Waals surface area (Å²) in [6, 6.07) is 4.57. The molecule has 10 heteroatoms. The lowest BCUT2D eigenvalue weighted by atomic mass is 9.97. The number of hydrogen-bond acceptors (Lipinski definition) is 3. The number of nitrogens with one attached hydrogen (secondary N) is 1. The summed E-state index contributed by atoms with van der Waals surface area (Å²) in [6.45, 7) is 6.55. The second-order valence-electron chi connectivity index (χ2n) is 9.66. The van der Waals surface area contributed by atoms with Crippen molar-refractivity contribution in [3.63, 3.8) is 0 Å². The Morgan fingerprint density at radius 3 is 2.52 bits per heavy atom. The average Bonchev–Trinajstić information content (AvgIpc) is 3.50. The highest BCUT2D eigenvalue weighted by atomic mass is 35.5. The molecular weight excluding hydrogens is 475 g/mol. The van der Waals surface area contributed by atoms with Crippen LogP contribution in [-0.2, 0) is 16.6 Å². The zero-order valence-electron chi connectivity index (χ0n) is 18.4. The molecule has 1 N–H and O–H groups in total. The van der Waals surface area contributed by atoms with Gasteiger partial charge in [-0.05, 0) is 30.4 Å². The lowest BCUT2D eigenvalue weighted by Gasteiger charge is -2.20. The molecule has 178 valence electrons. The Morgan fingerprint density at radius 2 is 1.94 bits per heavy atom. The number of fused-ring (bicyclic) bond motifs is 1. The first kappa shape index (κ1) is 24.0. The van der Waals surface area contributed by atoms with Crippen molar-refractivity contribution in [2.24, 2.45) is 5.41 Å². The van der Waals surface area contributed by atoms with Crippen LogP contribution in [0.15, 0.2) is 36.7 Å². The normalized spacial score (nSPS) is 16.0. The fourth-order valence-corrected chi connectivity index (χ4v) is 5.68. The van der Waals surface area contributed by atoms with Gasteiger partial charge in [0.15, 0.2) is 0 Å². The van der Waals surface area contributed by atoms with Gasteiger partial charge in [0, 0.05) is 34.8 Å². The maximum atomic E-state index is 14.1. The standard InChI is InChI=1S/C23H25ClF3N3O2S/c1-23(2,3)12-30-11-17(21(22(26)27)29-33(31,32)15-5-6-15)16-7-4-13(8-19(16)30)20-18(24)9-14(25)10-28-20/h4,7-11,15,21-22,29H,5-6,12H2,1-3H3. The van der Waals surface area contributed by atoms with Crippen molar-refractivity contribution < 1.29 is 21.6 Å². The molecule has 0 saturated heterocycles. The van der Waals surface area contributed by atoms with Crippen LogP contribution in [0.5, 0.6) is 0 Å². The van der Waals surface area contributed by atoms with E-state index in [1.807, 2.05) is 25.3 Å². The van der Waals surface area contributed by atoms with Crippen LogP contribution in [0, 0.1) is 11.2 Å². The van der Waals surface area contributed by atoms with Crippen LogP contribution >= 0.6 is 11.6 Å². The number of alkyl halides is 2. The van der Waals surface area contributed by atoms with E-state index in [-0.39, 0.29) is 16.0 Å². The van der Waals surface area contributed by atoms with E-state index in [0.29, 0.717) is 41.5 Å². The molecule has 1 aliphatic carbocycles. The number of benzene rings is 1. The summed E-state index contributed by atoms with van der Waals surface area (Å²) in [4.78, 5) is 4.08. The van der Waals surface area contributed by atoms with Gasteiger partial charge in [-0.3, -0.25) is 4.98 Å². The Balaban J connectivity index is 1.86. The minimum Gasteiger partial charge on any atom is -0.347 e. The SMILES string of the molecule is CC(C)(C)Cn1cc(C(NS(=O)(=O)C2CC2)C(F)F)c2ccc(-c3ncc(F)cc3Cl)cc21. The monoisotopic (exact) mass is 499 g/mol. The minimum absolute atomic E-state index is 0.131. The van der Waals surface area contributed by atoms with Gasteiger partial charge in [-0.2, -0.15) is 0 Å². The Kier molecular flexibility index (Phi) is 6.26. The molecule has 3 aromatic rings. The highest BCUT2D eigenvalue weighted by Crippen LogP contribution is 2.37. The molecule has 5 nitrogen and oxygen atoms in total. The summed E-state index contributed by atoms with van der Waals surface area (Å²) >= 11 is 6.18. The van der Waals surface area contributed by atoms with Crippen molar-refractivity contribution in [1.29, 1.82) is 0 Å². The van der Waals surface area contributed by atoms with Gasteiger partial charge in [0.1, 0.15) is 11.9 Å². The van der Waals surface area contributed by atoms with Crippen LogP contribution in [0.2, 0.25) is 5.02 Å². The summed E-state index contributed by atoms with van der Waals surface area (Å²) in [5.74, 6) is -0.564. The Bertz CT molecular complexity index is 1300. The highest BCUT2D eigenvalue weighted by Gasteiger charge is 2.40. The second-order valence-corrected chi connectivity index (χ2v) is 12.1. The zero-order chi connectivity index (χ0) is 24.1. The van der Waals surface area contributed by atoms with Gasteiger partial charge in [-0.1, -0.05) is 44.5 Å². The molecule has 33 heavy (non-hydrogen) atoms. The Morgan fingerprint density at radius 1 is 1.24 bits per heavy atom. The number of rotatable bonds is 7. The summed E-state index contributed by atoms with van der Waals surface area (Å²) in [5, 5.41) is 0.0242. The lowest BCUT2D eigenvalue weighted by Crippen LogP contribution is -2.35. The second kappa shape index (κ2) is 8.60. The molecule has 1 unspecified atom stereocenters. The van der Waals surface area contributed by atoms with E-state index in [0.717, 1.165) is 12.3 Å². The van der Waals surface area contributed by atoms with E-state index >= 15 is 0 Å². The maximum Gasteiger partial charge on any atom is 0.258 e. The van der Waals surface area contributed by atoms with Crippen molar-refractivity contribution in [1.82, 2.24) is 14.3 Å². The number of halogens is 4. The molecule has 1 aliphatic rings. The average molecular weight is 500 g/mol. The van der Waals surface area contributed by atoms with Crippen molar-refractivity contribution >= 4 is 32.5 Å². The molecular formula is C23H25ClF3N3O2S. The number of nitrogens with zero attached hydrogens (tertiary/aromatic N) is 2. The molecule has 0 bridgehead atoms. The first-order valence-corrected chi connectivity index (χ1v) is 12.5. The van der Waals surface area contributed by atoms with Crippen LogP contribution < -0.4 is 4.72 Å². The molecule has 1 aromatic carbocycles. The van der Waals surface area contributed by atoms with Gasteiger partial charge >= 0.3 is 0 Å². The minimum atomic E-state index is -3.84. The van der Waals surface area contributed by atoms with Crippen molar-refractivity contribution in [3.05, 3.63) is 53.1 Å². The van der Waals surface area contributed by atoms with E-state index in [9.17, 15) is 21.6 Å².